The molecule has 9 rings (SSSR count). The van der Waals surface area contributed by atoms with Crippen LogP contribution in [-0.4, -0.2) is 124 Å². The van der Waals surface area contributed by atoms with Crippen LogP contribution in [0.5, 0.6) is 5.75 Å². The van der Waals surface area contributed by atoms with E-state index >= 15 is 0 Å². The molecule has 4 heterocycles. The highest BCUT2D eigenvalue weighted by atomic mass is 35.5. The van der Waals surface area contributed by atoms with Crippen LogP contribution in [0.2, 0.25) is 5.02 Å². The van der Waals surface area contributed by atoms with Gasteiger partial charge in [-0.25, -0.2) is 4.31 Å². The number of aryl methyl sites for hydroxylation is 1. The van der Waals surface area contributed by atoms with Crippen molar-refractivity contribution in [3.05, 3.63) is 112 Å². The molecular formula is C59H77ClN6O8S2. The van der Waals surface area contributed by atoms with Crippen molar-refractivity contribution in [1.29, 1.82) is 0 Å². The fraction of sp³-hybridized carbons (Fsp3) is 0.441. The number of nitrogens with zero attached hydrogens (tertiary/aromatic N) is 4. The molecule has 0 radical (unpaired) electrons. The molecule has 17 heteroatoms. The number of nitrogens with one attached hydrogen (secondary N) is 2. The standard InChI is InChI=1S/C54H60ClN5O5S2.C2H7N.2CH4O.CH2O/c1-6-7-8-14-42(32-63)58(5)46-20-19-44(43-15-10-12-39(31-62)49(43)46)48-37-17-18-38(48)30-59(29-37)53-57-45-26-35(16-21-47(45)65-53)33-66-60-23-22-41(28-54(60,3)4)56-40-13-9-11-36(27-40)52-50(55)51(34(2)67-52)64-25-24-61;1-3-2;3*1-2/h6-7,9-13,15-16,19-21,24,26-27,31-32,37-38,41-42,48,56H,8,14,17-18,22-23,25,28-30,33H2,1-5H3;3H,1-2H3;2*2H,1H3;1H2/b7-6-;;;;. The number of likely N-dealkylation sites (N-methyl/N-ethyl adjacent to an activating group) is 1. The molecule has 1 aliphatic carbocycles. The summed E-state index contributed by atoms with van der Waals surface area (Å²) in [5.74, 6) is 2.62. The number of oxazole rings is 1. The van der Waals surface area contributed by atoms with Crippen molar-refractivity contribution < 1.29 is 38.5 Å². The van der Waals surface area contributed by atoms with Crippen molar-refractivity contribution >= 4 is 99.8 Å². The average Bonchev–Trinajstić information content (AvgIpc) is 4.09. The molecule has 4 unspecified atom stereocenters. The van der Waals surface area contributed by atoms with Gasteiger partial charge in [0, 0.05) is 85.4 Å². The minimum Gasteiger partial charge on any atom is -0.483 e. The van der Waals surface area contributed by atoms with Gasteiger partial charge in [-0.1, -0.05) is 78.2 Å². The summed E-state index contributed by atoms with van der Waals surface area (Å²) < 4.78 is 14.6. The Morgan fingerprint density at radius 3 is 2.37 bits per heavy atom. The summed E-state index contributed by atoms with van der Waals surface area (Å²) in [6, 6.07) is 26.0. The third-order valence-electron chi connectivity index (χ3n) is 14.3. The van der Waals surface area contributed by atoms with Crippen molar-refractivity contribution in [2.45, 2.75) is 95.5 Å². The number of piperidine rings is 2. The molecule has 2 aromatic heterocycles. The summed E-state index contributed by atoms with van der Waals surface area (Å²) in [5.41, 5.74) is 7.85. The highest BCUT2D eigenvalue weighted by Gasteiger charge is 2.45. The first-order valence-corrected chi connectivity index (χ1v) is 27.9. The zero-order chi connectivity index (χ0) is 55.5. The lowest BCUT2D eigenvalue weighted by Gasteiger charge is -2.45. The van der Waals surface area contributed by atoms with Crippen LogP contribution < -0.4 is 25.2 Å². The first-order chi connectivity index (χ1) is 36.9. The SMILES string of the molecule is C/C=C\CCC(C=O)N(C)c1ccc(C2C3CCC2CN(c2nc4cc(CSN5CCC(Nc6cccc(-c7sc(C)c(OCC=O)c7Cl)c6)CC5(C)C)ccc4o2)C3)c2cccc(C=O)c12.C=O.CNC.CO.CO. The molecule has 4 atom stereocenters. The van der Waals surface area contributed by atoms with Gasteiger partial charge >= 0.3 is 0 Å². The molecule has 4 N–H and O–H groups in total. The van der Waals surface area contributed by atoms with Gasteiger partial charge in [0.2, 0.25) is 0 Å². The third kappa shape index (κ3) is 14.3. The molecule has 3 aliphatic rings. The van der Waals surface area contributed by atoms with E-state index in [1.54, 1.807) is 11.3 Å². The number of hydrogen-bond acceptors (Lipinski definition) is 16. The molecule has 0 spiro atoms. The summed E-state index contributed by atoms with van der Waals surface area (Å²) in [6.07, 6.45) is 12.6. The van der Waals surface area contributed by atoms with Crippen molar-refractivity contribution in [2.75, 3.05) is 76.7 Å². The lowest BCUT2D eigenvalue weighted by atomic mass is 9.77. The van der Waals surface area contributed by atoms with Crippen LogP contribution in [0, 0.1) is 18.8 Å². The third-order valence-corrected chi connectivity index (χ3v) is 17.3. The van der Waals surface area contributed by atoms with E-state index < -0.39 is 0 Å². The Kier molecular flexibility index (Phi) is 24.0. The molecule has 2 bridgehead atoms. The highest BCUT2D eigenvalue weighted by Crippen LogP contribution is 2.52. The van der Waals surface area contributed by atoms with Crippen LogP contribution in [0.15, 0.2) is 89.4 Å². The second-order valence-electron chi connectivity index (χ2n) is 19.6. The number of aliphatic hydroxyl groups excluding tert-OH is 2. The largest absolute Gasteiger partial charge is 0.483 e. The van der Waals surface area contributed by atoms with Gasteiger partial charge in [0.05, 0.1) is 10.9 Å². The van der Waals surface area contributed by atoms with Crippen molar-refractivity contribution in [3.63, 3.8) is 0 Å². The monoisotopic (exact) mass is 1100 g/mol. The number of rotatable bonds is 18. The normalized spacial score (nSPS) is 18.9. The fourth-order valence-electron chi connectivity index (χ4n) is 11.0. The van der Waals surface area contributed by atoms with Crippen LogP contribution in [-0.2, 0) is 20.1 Å². The second kappa shape index (κ2) is 29.8. The van der Waals surface area contributed by atoms with E-state index in [2.05, 4.69) is 100 Å². The number of benzene rings is 4. The molecule has 76 heavy (non-hydrogen) atoms. The lowest BCUT2D eigenvalue weighted by Crippen LogP contribution is -2.49. The smallest absolute Gasteiger partial charge is 0.298 e. The van der Waals surface area contributed by atoms with Gasteiger partial charge in [0.1, 0.15) is 30.2 Å². The number of aliphatic hydroxyl groups is 2. The van der Waals surface area contributed by atoms with E-state index in [0.717, 1.165) is 139 Å². The van der Waals surface area contributed by atoms with Gasteiger partial charge in [0.15, 0.2) is 23.9 Å². The summed E-state index contributed by atoms with van der Waals surface area (Å²) in [4.78, 5) is 55.1. The van der Waals surface area contributed by atoms with Gasteiger partial charge in [-0.2, -0.15) is 4.98 Å². The predicted octanol–water partition coefficient (Wildman–Crippen LogP) is 11.4. The zero-order valence-electron chi connectivity index (χ0n) is 45.5. The predicted molar refractivity (Wildman–Crippen MR) is 315 cm³/mol. The van der Waals surface area contributed by atoms with Gasteiger partial charge in [-0.05, 0) is 150 Å². The first kappa shape index (κ1) is 61.3. The van der Waals surface area contributed by atoms with E-state index in [9.17, 15) is 14.4 Å². The molecule has 0 amide bonds. The molecular weight excluding hydrogens is 1020 g/mol. The Bertz CT molecular complexity index is 2840. The maximum atomic E-state index is 12.5. The number of carbonyl (C=O) groups is 4. The van der Waals surface area contributed by atoms with E-state index in [1.165, 1.54) is 11.1 Å². The van der Waals surface area contributed by atoms with Crippen molar-refractivity contribution in [1.82, 2.24) is 14.6 Å². The van der Waals surface area contributed by atoms with Crippen LogP contribution >= 0.6 is 34.9 Å². The van der Waals surface area contributed by atoms with Gasteiger partial charge in [-0.3, -0.25) is 9.59 Å². The number of ether oxygens (including phenoxy) is 1. The molecule has 3 fully saturated rings. The van der Waals surface area contributed by atoms with Gasteiger partial charge in [0.25, 0.3) is 6.01 Å². The molecule has 2 saturated heterocycles. The molecule has 6 aromatic rings. The Hall–Kier alpha value is -5.59. The molecule has 1 saturated carbocycles. The molecule has 4 aromatic carbocycles. The van der Waals surface area contributed by atoms with E-state index in [0.29, 0.717) is 52.6 Å². The lowest BCUT2D eigenvalue weighted by molar-refractivity contribution is -0.110. The average molecular weight is 1100 g/mol. The number of hydrogen-bond donors (Lipinski definition) is 4. The van der Waals surface area contributed by atoms with Crippen LogP contribution in [0.3, 0.4) is 0 Å². The number of carbonyl (C=O) groups excluding carboxylic acids is 4. The minimum atomic E-state index is -0.290. The van der Waals surface area contributed by atoms with E-state index in [4.69, 9.17) is 40.7 Å². The van der Waals surface area contributed by atoms with Gasteiger partial charge < -0.3 is 49.4 Å². The Morgan fingerprint density at radius 1 is 1.00 bits per heavy atom. The maximum Gasteiger partial charge on any atom is 0.298 e. The highest BCUT2D eigenvalue weighted by molar-refractivity contribution is 7.96. The summed E-state index contributed by atoms with van der Waals surface area (Å²) >= 11 is 10.2. The van der Waals surface area contributed by atoms with Crippen LogP contribution in [0.1, 0.15) is 91.6 Å². The van der Waals surface area contributed by atoms with Crippen LogP contribution in [0.4, 0.5) is 17.4 Å². The zero-order valence-corrected chi connectivity index (χ0v) is 47.9. The minimum absolute atomic E-state index is 0.0168. The Balaban J connectivity index is 0.00000112. The fourth-order valence-corrected chi connectivity index (χ4v) is 13.6. The quantitative estimate of drug-likeness (QED) is 0.0363. The molecule has 14 nitrogen and oxygen atoms in total. The summed E-state index contributed by atoms with van der Waals surface area (Å²) in [7, 11) is 7.72. The number of allylic oxidation sites excluding steroid dienone is 2. The van der Waals surface area contributed by atoms with E-state index in [1.807, 2.05) is 76.8 Å². The van der Waals surface area contributed by atoms with E-state index in [-0.39, 0.29) is 18.2 Å². The number of fused-ring (bicyclic) bond motifs is 4. The first-order valence-electron chi connectivity index (χ1n) is 25.8. The Morgan fingerprint density at radius 2 is 1.71 bits per heavy atom. The number of anilines is 3. The Labute approximate surface area is 462 Å². The molecule has 2 aliphatic heterocycles. The number of halogens is 1. The van der Waals surface area contributed by atoms with Crippen molar-refractivity contribution in [2.24, 2.45) is 11.8 Å². The number of thiophene rings is 1. The second-order valence-corrected chi connectivity index (χ2v) is 22.2. The van der Waals surface area contributed by atoms with Crippen LogP contribution in [0.25, 0.3) is 32.3 Å². The number of aldehydes is 3. The summed E-state index contributed by atoms with van der Waals surface area (Å²) in [5, 5.41) is 23.2. The summed E-state index contributed by atoms with van der Waals surface area (Å²) in [6.45, 7) is 13.3. The number of aromatic nitrogens is 1. The van der Waals surface area contributed by atoms with Gasteiger partial charge in [-0.15, -0.1) is 11.3 Å². The molecule has 410 valence electrons. The topological polar surface area (TPSA) is 178 Å². The maximum absolute atomic E-state index is 12.5. The van der Waals surface area contributed by atoms with Crippen molar-refractivity contribution in [3.8, 4) is 16.2 Å².